The predicted molar refractivity (Wildman–Crippen MR) is 69.7 cm³/mol. The molecule has 0 aliphatic rings. The number of unbranched alkanes of at least 4 members (excludes halogenated alkanes) is 3. The molecule has 2 nitrogen and oxygen atoms in total. The van der Waals surface area contributed by atoms with E-state index in [1.807, 2.05) is 0 Å². The maximum atomic E-state index is 5.56. The molecular formula is C10H20ClIO2. The van der Waals surface area contributed by atoms with Crippen LogP contribution in [0, 0.1) is 0 Å². The number of alkyl halides is 2. The Labute approximate surface area is 106 Å². The SMILES string of the molecule is ClCCCCCCOCCOCCI. The fourth-order valence-electron chi connectivity index (χ4n) is 1.03. The molecule has 0 saturated carbocycles. The lowest BCUT2D eigenvalue weighted by atomic mass is 10.2. The van der Waals surface area contributed by atoms with E-state index in [1.54, 1.807) is 0 Å². The predicted octanol–water partition coefficient (Wildman–Crippen LogP) is 3.25. The minimum absolute atomic E-state index is 0.727. The van der Waals surface area contributed by atoms with Crippen molar-refractivity contribution in [3.8, 4) is 0 Å². The standard InChI is InChI=1S/C10H20ClIO2/c11-5-3-1-2-4-7-13-9-10-14-8-6-12/h1-10H2. The van der Waals surface area contributed by atoms with Gasteiger partial charge in [0.15, 0.2) is 0 Å². The van der Waals surface area contributed by atoms with E-state index < -0.39 is 0 Å². The van der Waals surface area contributed by atoms with Crippen LogP contribution in [0.5, 0.6) is 0 Å². The van der Waals surface area contributed by atoms with Crippen molar-refractivity contribution in [2.75, 3.05) is 36.7 Å². The Kier molecular flexibility index (Phi) is 14.9. The molecule has 0 aromatic heterocycles. The summed E-state index contributed by atoms with van der Waals surface area (Å²) in [6.07, 6.45) is 4.71. The first-order chi connectivity index (χ1) is 6.91. The Balaban J connectivity index is 2.78. The molecule has 0 aromatic carbocycles. The monoisotopic (exact) mass is 334 g/mol. The average Bonchev–Trinajstić information content (AvgIpc) is 2.21. The summed E-state index contributed by atoms with van der Waals surface area (Å²) in [4.78, 5) is 0. The molecule has 4 heteroatoms. The van der Waals surface area contributed by atoms with Gasteiger partial charge in [-0.15, -0.1) is 11.6 Å². The van der Waals surface area contributed by atoms with Gasteiger partial charge in [-0.2, -0.15) is 0 Å². The van der Waals surface area contributed by atoms with E-state index in [2.05, 4.69) is 22.6 Å². The molecule has 0 heterocycles. The highest BCUT2D eigenvalue weighted by Crippen LogP contribution is 2.00. The molecule has 0 radical (unpaired) electrons. The highest BCUT2D eigenvalue weighted by atomic mass is 127. The van der Waals surface area contributed by atoms with Gasteiger partial charge in [-0.05, 0) is 12.8 Å². The van der Waals surface area contributed by atoms with Gasteiger partial charge in [0.05, 0.1) is 19.8 Å². The molecule has 0 bridgehead atoms. The van der Waals surface area contributed by atoms with Gasteiger partial charge in [0.2, 0.25) is 0 Å². The Hall–Kier alpha value is 0.940. The zero-order valence-corrected chi connectivity index (χ0v) is 11.6. The molecule has 0 fully saturated rings. The molecule has 0 amide bonds. The van der Waals surface area contributed by atoms with Crippen LogP contribution in [0.25, 0.3) is 0 Å². The number of halogens is 2. The van der Waals surface area contributed by atoms with Crippen LogP contribution in [0.2, 0.25) is 0 Å². The molecular weight excluding hydrogens is 314 g/mol. The van der Waals surface area contributed by atoms with Crippen molar-refractivity contribution in [1.29, 1.82) is 0 Å². The van der Waals surface area contributed by atoms with E-state index >= 15 is 0 Å². The summed E-state index contributed by atoms with van der Waals surface area (Å²) in [5, 5.41) is 0. The lowest BCUT2D eigenvalue weighted by Gasteiger charge is -2.04. The molecule has 0 aliphatic carbocycles. The summed E-state index contributed by atoms with van der Waals surface area (Å²) in [6, 6.07) is 0. The number of rotatable bonds is 11. The van der Waals surface area contributed by atoms with E-state index in [9.17, 15) is 0 Å². The van der Waals surface area contributed by atoms with E-state index in [-0.39, 0.29) is 0 Å². The minimum Gasteiger partial charge on any atom is -0.379 e. The molecule has 0 aliphatic heterocycles. The second-order valence-corrected chi connectivity index (χ2v) is 4.47. The molecule has 14 heavy (non-hydrogen) atoms. The zero-order chi connectivity index (χ0) is 10.5. The number of ether oxygens (including phenoxy) is 2. The van der Waals surface area contributed by atoms with Crippen LogP contribution < -0.4 is 0 Å². The molecule has 0 rings (SSSR count). The minimum atomic E-state index is 0.727. The molecule has 0 unspecified atom stereocenters. The molecule has 0 spiro atoms. The Morgan fingerprint density at radius 2 is 1.43 bits per heavy atom. The van der Waals surface area contributed by atoms with Crippen molar-refractivity contribution in [3.63, 3.8) is 0 Å². The zero-order valence-electron chi connectivity index (χ0n) is 8.64. The van der Waals surface area contributed by atoms with Gasteiger partial charge in [-0.25, -0.2) is 0 Å². The third kappa shape index (κ3) is 12.9. The van der Waals surface area contributed by atoms with Gasteiger partial charge in [-0.3, -0.25) is 0 Å². The lowest BCUT2D eigenvalue weighted by molar-refractivity contribution is 0.0528. The summed E-state index contributed by atoms with van der Waals surface area (Å²) in [6.45, 7) is 3.15. The van der Waals surface area contributed by atoms with E-state index in [0.29, 0.717) is 0 Å². The van der Waals surface area contributed by atoms with Crippen LogP contribution in [-0.2, 0) is 9.47 Å². The third-order valence-corrected chi connectivity index (χ3v) is 2.47. The smallest absolute Gasteiger partial charge is 0.0700 e. The van der Waals surface area contributed by atoms with Crippen LogP contribution in [-0.4, -0.2) is 36.7 Å². The van der Waals surface area contributed by atoms with Crippen molar-refractivity contribution in [2.24, 2.45) is 0 Å². The third-order valence-electron chi connectivity index (χ3n) is 1.77. The van der Waals surface area contributed by atoms with E-state index in [4.69, 9.17) is 21.1 Å². The van der Waals surface area contributed by atoms with Crippen LogP contribution >= 0.6 is 34.2 Å². The van der Waals surface area contributed by atoms with Gasteiger partial charge < -0.3 is 9.47 Å². The van der Waals surface area contributed by atoms with Gasteiger partial charge in [0.25, 0.3) is 0 Å². The van der Waals surface area contributed by atoms with Crippen LogP contribution in [0.1, 0.15) is 25.7 Å². The van der Waals surface area contributed by atoms with Gasteiger partial charge in [0, 0.05) is 16.9 Å². The summed E-state index contributed by atoms with van der Waals surface area (Å²) in [5.41, 5.74) is 0. The van der Waals surface area contributed by atoms with Crippen LogP contribution in [0.15, 0.2) is 0 Å². The van der Waals surface area contributed by atoms with Gasteiger partial charge >= 0.3 is 0 Å². The molecule has 0 aromatic rings. The van der Waals surface area contributed by atoms with Crippen molar-refractivity contribution in [2.45, 2.75) is 25.7 Å². The summed E-state index contributed by atoms with van der Waals surface area (Å²) >= 11 is 7.86. The van der Waals surface area contributed by atoms with E-state index in [1.165, 1.54) is 12.8 Å². The lowest BCUT2D eigenvalue weighted by Crippen LogP contribution is -2.06. The average molecular weight is 335 g/mol. The second kappa shape index (κ2) is 13.9. The van der Waals surface area contributed by atoms with Gasteiger partial charge in [-0.1, -0.05) is 35.4 Å². The Morgan fingerprint density at radius 1 is 0.786 bits per heavy atom. The fourth-order valence-corrected chi connectivity index (χ4v) is 1.53. The Morgan fingerprint density at radius 3 is 2.07 bits per heavy atom. The van der Waals surface area contributed by atoms with Crippen molar-refractivity contribution in [3.05, 3.63) is 0 Å². The highest BCUT2D eigenvalue weighted by molar-refractivity contribution is 14.1. The molecule has 0 N–H and O–H groups in total. The normalized spacial score (nSPS) is 10.7. The first-order valence-corrected chi connectivity index (χ1v) is 7.25. The van der Waals surface area contributed by atoms with Crippen LogP contribution in [0.3, 0.4) is 0 Å². The molecule has 0 saturated heterocycles. The fraction of sp³-hybridized carbons (Fsp3) is 1.00. The summed E-state index contributed by atoms with van der Waals surface area (Å²) in [7, 11) is 0. The van der Waals surface area contributed by atoms with Crippen LogP contribution in [0.4, 0.5) is 0 Å². The summed E-state index contributed by atoms with van der Waals surface area (Å²) in [5.74, 6) is 0.783. The first-order valence-electron chi connectivity index (χ1n) is 5.19. The molecule has 86 valence electrons. The Bertz CT molecular complexity index is 92.1. The number of hydrogen-bond donors (Lipinski definition) is 0. The van der Waals surface area contributed by atoms with Crippen molar-refractivity contribution in [1.82, 2.24) is 0 Å². The molecule has 0 atom stereocenters. The summed E-state index contributed by atoms with van der Waals surface area (Å²) < 4.78 is 11.7. The quantitative estimate of drug-likeness (QED) is 0.328. The van der Waals surface area contributed by atoms with Gasteiger partial charge in [0.1, 0.15) is 0 Å². The number of hydrogen-bond acceptors (Lipinski definition) is 2. The highest BCUT2D eigenvalue weighted by Gasteiger charge is 1.91. The van der Waals surface area contributed by atoms with E-state index in [0.717, 1.165) is 49.6 Å². The van der Waals surface area contributed by atoms with Crippen molar-refractivity contribution < 1.29 is 9.47 Å². The maximum absolute atomic E-state index is 5.56. The topological polar surface area (TPSA) is 18.5 Å². The van der Waals surface area contributed by atoms with Crippen molar-refractivity contribution >= 4 is 34.2 Å². The largest absolute Gasteiger partial charge is 0.379 e. The second-order valence-electron chi connectivity index (χ2n) is 3.02. The maximum Gasteiger partial charge on any atom is 0.0700 e. The first kappa shape index (κ1) is 14.9.